The van der Waals surface area contributed by atoms with Crippen LogP contribution in [-0.2, 0) is 0 Å². The first kappa shape index (κ1) is 22.3. The van der Waals surface area contributed by atoms with Crippen LogP contribution in [0.4, 0.5) is 4.79 Å². The zero-order valence-electron chi connectivity index (χ0n) is 17.9. The van der Waals surface area contributed by atoms with E-state index in [9.17, 15) is 4.79 Å². The topological polar surface area (TPSA) is 62.8 Å². The van der Waals surface area contributed by atoms with Crippen LogP contribution < -0.4 is 20.1 Å². The molecule has 1 saturated heterocycles. The van der Waals surface area contributed by atoms with Crippen LogP contribution in [0.1, 0.15) is 58.1 Å². The molecule has 6 heteroatoms. The summed E-state index contributed by atoms with van der Waals surface area (Å²) in [6.07, 6.45) is 4.76. The van der Waals surface area contributed by atoms with Crippen LogP contribution in [0.2, 0.25) is 0 Å². The number of rotatable bonds is 10. The predicted molar refractivity (Wildman–Crippen MR) is 113 cm³/mol. The largest absolute Gasteiger partial charge is 0.493 e. The molecule has 1 fully saturated rings. The second-order valence-corrected chi connectivity index (χ2v) is 7.70. The summed E-state index contributed by atoms with van der Waals surface area (Å²) in [7, 11) is 1.62. The molecule has 2 N–H and O–H groups in total. The molecule has 0 radical (unpaired) electrons. The van der Waals surface area contributed by atoms with Crippen LogP contribution in [-0.4, -0.2) is 50.8 Å². The Kier molecular flexibility index (Phi) is 9.41. The molecule has 0 saturated carbocycles. The van der Waals surface area contributed by atoms with Gasteiger partial charge in [-0.25, -0.2) is 4.79 Å². The summed E-state index contributed by atoms with van der Waals surface area (Å²) in [5.74, 6) is 2.27. The molecule has 2 amide bonds. The molecule has 1 aromatic rings. The Balaban J connectivity index is 1.66. The van der Waals surface area contributed by atoms with Gasteiger partial charge in [0, 0.05) is 6.54 Å². The molecule has 1 aliphatic rings. The fraction of sp³-hybridized carbons (Fsp3) is 0.682. The van der Waals surface area contributed by atoms with Crippen LogP contribution >= 0.6 is 0 Å². The molecule has 1 heterocycles. The Morgan fingerprint density at radius 2 is 2.00 bits per heavy atom. The van der Waals surface area contributed by atoms with Crippen LogP contribution in [0, 0.1) is 5.92 Å². The lowest BCUT2D eigenvalue weighted by Crippen LogP contribution is -2.38. The van der Waals surface area contributed by atoms with Gasteiger partial charge in [-0.2, -0.15) is 0 Å². The molecular weight excluding hydrogens is 354 g/mol. The number of nitrogens with zero attached hydrogens (tertiary/aromatic N) is 1. The number of amides is 2. The third-order valence-electron chi connectivity index (χ3n) is 5.40. The zero-order chi connectivity index (χ0) is 20.4. The van der Waals surface area contributed by atoms with Gasteiger partial charge in [-0.3, -0.25) is 0 Å². The first-order valence-corrected chi connectivity index (χ1v) is 10.6. The Morgan fingerprint density at radius 3 is 2.68 bits per heavy atom. The molecule has 0 aromatic heterocycles. The monoisotopic (exact) mass is 391 g/mol. The normalized spacial score (nSPS) is 16.4. The molecule has 0 spiro atoms. The molecule has 1 unspecified atom stereocenters. The Hall–Kier alpha value is -1.95. The van der Waals surface area contributed by atoms with Gasteiger partial charge in [-0.15, -0.1) is 0 Å². The highest BCUT2D eigenvalue weighted by Gasteiger charge is 2.15. The Bertz CT molecular complexity index is 601. The lowest BCUT2D eigenvalue weighted by Gasteiger charge is -2.30. The second kappa shape index (κ2) is 11.8. The van der Waals surface area contributed by atoms with E-state index in [0.29, 0.717) is 24.7 Å². The van der Waals surface area contributed by atoms with E-state index in [4.69, 9.17) is 9.47 Å². The maximum atomic E-state index is 12.2. The Labute approximate surface area is 170 Å². The number of unbranched alkanes of at least 4 members (excludes halogenated alkanes) is 1. The number of hydrogen-bond acceptors (Lipinski definition) is 4. The number of nitrogens with one attached hydrogen (secondary N) is 2. The van der Waals surface area contributed by atoms with E-state index < -0.39 is 0 Å². The second-order valence-electron chi connectivity index (χ2n) is 7.70. The first-order valence-electron chi connectivity index (χ1n) is 10.6. The zero-order valence-corrected chi connectivity index (χ0v) is 17.9. The van der Waals surface area contributed by atoms with Crippen LogP contribution in [0.25, 0.3) is 0 Å². The maximum absolute atomic E-state index is 12.2. The number of carbonyl (C=O) groups excluding carboxylic acids is 1. The number of likely N-dealkylation sites (tertiary alicyclic amines) is 1. The summed E-state index contributed by atoms with van der Waals surface area (Å²) in [4.78, 5) is 14.7. The number of carbonyl (C=O) groups is 1. The highest BCUT2D eigenvalue weighted by atomic mass is 16.5. The number of piperidine rings is 1. The summed E-state index contributed by atoms with van der Waals surface area (Å²) in [5, 5.41) is 5.95. The van der Waals surface area contributed by atoms with Gasteiger partial charge in [0.1, 0.15) is 0 Å². The van der Waals surface area contributed by atoms with Crippen molar-refractivity contribution in [2.45, 2.75) is 52.5 Å². The Morgan fingerprint density at radius 1 is 1.25 bits per heavy atom. The van der Waals surface area contributed by atoms with Crippen LogP contribution in [0.3, 0.4) is 0 Å². The summed E-state index contributed by atoms with van der Waals surface area (Å²) in [6.45, 7) is 11.1. The average Bonchev–Trinajstić information content (AvgIpc) is 2.69. The van der Waals surface area contributed by atoms with Gasteiger partial charge >= 0.3 is 6.03 Å². The van der Waals surface area contributed by atoms with Crippen molar-refractivity contribution >= 4 is 6.03 Å². The maximum Gasteiger partial charge on any atom is 0.315 e. The van der Waals surface area contributed by atoms with E-state index in [2.05, 4.69) is 22.5 Å². The van der Waals surface area contributed by atoms with Crippen LogP contribution in [0.5, 0.6) is 11.5 Å². The lowest BCUT2D eigenvalue weighted by molar-refractivity contribution is 0.189. The summed E-state index contributed by atoms with van der Waals surface area (Å²) < 4.78 is 10.9. The number of benzene rings is 1. The number of urea groups is 1. The predicted octanol–water partition coefficient (Wildman–Crippen LogP) is 3.97. The van der Waals surface area contributed by atoms with Gasteiger partial charge in [0.25, 0.3) is 0 Å². The van der Waals surface area contributed by atoms with Crippen molar-refractivity contribution in [3.63, 3.8) is 0 Å². The molecule has 6 nitrogen and oxygen atoms in total. The number of hydrogen-bond donors (Lipinski definition) is 2. The van der Waals surface area contributed by atoms with Crippen molar-refractivity contribution in [3.05, 3.63) is 23.8 Å². The van der Waals surface area contributed by atoms with Crippen molar-refractivity contribution in [2.24, 2.45) is 5.92 Å². The smallest absolute Gasteiger partial charge is 0.315 e. The van der Waals surface area contributed by atoms with Crippen LogP contribution in [0.15, 0.2) is 18.2 Å². The van der Waals surface area contributed by atoms with Crippen molar-refractivity contribution in [1.29, 1.82) is 0 Å². The molecule has 1 aromatic carbocycles. The van der Waals surface area contributed by atoms with Crippen molar-refractivity contribution < 1.29 is 14.3 Å². The first-order chi connectivity index (χ1) is 13.5. The molecule has 28 heavy (non-hydrogen) atoms. The minimum absolute atomic E-state index is 0.111. The quantitative estimate of drug-likeness (QED) is 0.593. The summed E-state index contributed by atoms with van der Waals surface area (Å²) in [6, 6.07) is 5.51. The van der Waals surface area contributed by atoms with Gasteiger partial charge in [-0.1, -0.05) is 13.0 Å². The molecule has 0 bridgehead atoms. The number of methoxy groups -OCH3 is 1. The van der Waals surface area contributed by atoms with Crippen molar-refractivity contribution in [2.75, 3.05) is 39.9 Å². The summed E-state index contributed by atoms with van der Waals surface area (Å²) >= 11 is 0. The van der Waals surface area contributed by atoms with E-state index in [1.165, 1.54) is 25.9 Å². The van der Waals surface area contributed by atoms with Gasteiger partial charge in [0.15, 0.2) is 11.5 Å². The summed E-state index contributed by atoms with van der Waals surface area (Å²) in [5.41, 5.74) is 0.981. The van der Waals surface area contributed by atoms with Gasteiger partial charge in [0.2, 0.25) is 0 Å². The van der Waals surface area contributed by atoms with Gasteiger partial charge < -0.3 is 25.0 Å². The fourth-order valence-corrected chi connectivity index (χ4v) is 3.51. The third-order valence-corrected chi connectivity index (χ3v) is 5.40. The molecular formula is C22H37N3O3. The highest BCUT2D eigenvalue weighted by Crippen LogP contribution is 2.30. The highest BCUT2D eigenvalue weighted by molar-refractivity contribution is 5.74. The van der Waals surface area contributed by atoms with E-state index in [1.807, 2.05) is 32.0 Å². The molecule has 2 rings (SSSR count). The van der Waals surface area contributed by atoms with E-state index >= 15 is 0 Å². The molecule has 158 valence electrons. The standard InChI is InChI=1S/C22H37N3O3/c1-5-28-20-9-8-19(16-21(20)27-4)18(3)24-22(26)23-12-6-7-13-25-14-10-17(2)11-15-25/h8-9,16-18H,5-7,10-15H2,1-4H3,(H2,23,24,26). The lowest BCUT2D eigenvalue weighted by atomic mass is 9.99. The van der Waals surface area contributed by atoms with Gasteiger partial charge in [-0.05, 0) is 82.8 Å². The SMILES string of the molecule is CCOc1ccc(C(C)NC(=O)NCCCCN2CCC(C)CC2)cc1OC. The van der Waals surface area contributed by atoms with E-state index in [-0.39, 0.29) is 12.1 Å². The van der Waals surface area contributed by atoms with Crippen molar-refractivity contribution in [1.82, 2.24) is 15.5 Å². The van der Waals surface area contributed by atoms with Gasteiger partial charge in [0.05, 0.1) is 19.8 Å². The third kappa shape index (κ3) is 7.23. The van der Waals surface area contributed by atoms with E-state index in [0.717, 1.165) is 30.9 Å². The minimum Gasteiger partial charge on any atom is -0.493 e. The van der Waals surface area contributed by atoms with Crippen molar-refractivity contribution in [3.8, 4) is 11.5 Å². The molecule has 1 atom stereocenters. The number of ether oxygens (including phenoxy) is 2. The minimum atomic E-state index is -0.132. The molecule has 0 aliphatic carbocycles. The fourth-order valence-electron chi connectivity index (χ4n) is 3.51. The average molecular weight is 392 g/mol. The molecule has 1 aliphatic heterocycles. The van der Waals surface area contributed by atoms with E-state index in [1.54, 1.807) is 7.11 Å².